The highest BCUT2D eigenvalue weighted by Gasteiger charge is 2.26. The molecule has 0 bridgehead atoms. The molecule has 4 heteroatoms. The molecule has 0 radical (unpaired) electrons. The highest BCUT2D eigenvalue weighted by Crippen LogP contribution is 2.17. The highest BCUT2D eigenvalue weighted by molar-refractivity contribution is 5.72. The van der Waals surface area contributed by atoms with Gasteiger partial charge < -0.3 is 15.4 Å². The summed E-state index contributed by atoms with van der Waals surface area (Å²) >= 11 is 0. The highest BCUT2D eigenvalue weighted by atomic mass is 16.5. The molecule has 1 rings (SSSR count). The van der Waals surface area contributed by atoms with Crippen molar-refractivity contribution in [2.75, 3.05) is 32.8 Å². The average molecular weight is 214 g/mol. The standard InChI is InChI=1S/C11H22N2O2/c1-2-15-11(14)10-5-3-7-13(9-10)8-4-6-12/h10H,2-9,12H2,1H3/t10-/m0/s1. The maximum absolute atomic E-state index is 11.5. The van der Waals surface area contributed by atoms with E-state index in [0.717, 1.165) is 45.4 Å². The van der Waals surface area contributed by atoms with Crippen molar-refractivity contribution in [2.24, 2.45) is 11.7 Å². The van der Waals surface area contributed by atoms with E-state index in [-0.39, 0.29) is 11.9 Å². The monoisotopic (exact) mass is 214 g/mol. The molecule has 0 aliphatic carbocycles. The van der Waals surface area contributed by atoms with Crippen LogP contribution in [0, 0.1) is 5.92 Å². The number of nitrogens with zero attached hydrogens (tertiary/aromatic N) is 1. The van der Waals surface area contributed by atoms with Gasteiger partial charge in [-0.3, -0.25) is 4.79 Å². The van der Waals surface area contributed by atoms with E-state index < -0.39 is 0 Å². The van der Waals surface area contributed by atoms with Crippen LogP contribution in [0.5, 0.6) is 0 Å². The summed E-state index contributed by atoms with van der Waals surface area (Å²) in [5, 5.41) is 0. The number of carbonyl (C=O) groups is 1. The van der Waals surface area contributed by atoms with Crippen LogP contribution in [0.1, 0.15) is 26.2 Å². The van der Waals surface area contributed by atoms with Gasteiger partial charge >= 0.3 is 5.97 Å². The van der Waals surface area contributed by atoms with Gasteiger partial charge in [0.05, 0.1) is 12.5 Å². The lowest BCUT2D eigenvalue weighted by Crippen LogP contribution is -2.40. The molecular weight excluding hydrogens is 192 g/mol. The van der Waals surface area contributed by atoms with Gasteiger partial charge in [-0.2, -0.15) is 0 Å². The van der Waals surface area contributed by atoms with Crippen molar-refractivity contribution in [2.45, 2.75) is 26.2 Å². The summed E-state index contributed by atoms with van der Waals surface area (Å²) in [6.45, 7) is 6.01. The zero-order valence-corrected chi connectivity index (χ0v) is 9.58. The SMILES string of the molecule is CCOC(=O)[C@H]1CCCN(CCCN)C1. The molecule has 0 spiro atoms. The van der Waals surface area contributed by atoms with Gasteiger partial charge in [0.15, 0.2) is 0 Å². The first-order chi connectivity index (χ1) is 7.27. The van der Waals surface area contributed by atoms with E-state index in [4.69, 9.17) is 10.5 Å². The number of carbonyl (C=O) groups excluding carboxylic acids is 1. The molecule has 1 fully saturated rings. The number of rotatable bonds is 5. The second-order valence-corrected chi connectivity index (χ2v) is 4.03. The molecular formula is C11H22N2O2. The van der Waals surface area contributed by atoms with Crippen LogP contribution in [-0.4, -0.2) is 43.7 Å². The van der Waals surface area contributed by atoms with Crippen molar-refractivity contribution in [3.8, 4) is 0 Å². The number of hydrogen-bond acceptors (Lipinski definition) is 4. The van der Waals surface area contributed by atoms with Crippen LogP contribution in [0.2, 0.25) is 0 Å². The van der Waals surface area contributed by atoms with Gasteiger partial charge in [0.25, 0.3) is 0 Å². The normalized spacial score (nSPS) is 22.7. The molecule has 2 N–H and O–H groups in total. The quantitative estimate of drug-likeness (QED) is 0.681. The van der Waals surface area contributed by atoms with E-state index in [0.29, 0.717) is 6.61 Å². The molecule has 0 saturated carbocycles. The van der Waals surface area contributed by atoms with Crippen LogP contribution < -0.4 is 5.73 Å². The lowest BCUT2D eigenvalue weighted by Gasteiger charge is -2.31. The van der Waals surface area contributed by atoms with Crippen LogP contribution >= 0.6 is 0 Å². The molecule has 88 valence electrons. The predicted molar refractivity (Wildman–Crippen MR) is 59.5 cm³/mol. The summed E-state index contributed by atoms with van der Waals surface area (Å²) in [4.78, 5) is 13.9. The van der Waals surface area contributed by atoms with Gasteiger partial charge in [0.2, 0.25) is 0 Å². The minimum absolute atomic E-state index is 0.0325. The Labute approximate surface area is 91.8 Å². The molecule has 1 aliphatic heterocycles. The van der Waals surface area contributed by atoms with Gasteiger partial charge in [0.1, 0.15) is 0 Å². The van der Waals surface area contributed by atoms with Gasteiger partial charge in [-0.15, -0.1) is 0 Å². The summed E-state index contributed by atoms with van der Waals surface area (Å²) in [5.74, 6) is 0.0476. The largest absolute Gasteiger partial charge is 0.466 e. The average Bonchev–Trinajstić information content (AvgIpc) is 2.27. The molecule has 4 nitrogen and oxygen atoms in total. The minimum atomic E-state index is -0.0325. The molecule has 1 heterocycles. The van der Waals surface area contributed by atoms with Crippen molar-refractivity contribution in [1.29, 1.82) is 0 Å². The zero-order chi connectivity index (χ0) is 11.1. The van der Waals surface area contributed by atoms with E-state index in [1.165, 1.54) is 0 Å². The topological polar surface area (TPSA) is 55.6 Å². The van der Waals surface area contributed by atoms with E-state index >= 15 is 0 Å². The fraction of sp³-hybridized carbons (Fsp3) is 0.909. The summed E-state index contributed by atoms with van der Waals surface area (Å²) < 4.78 is 5.04. The lowest BCUT2D eigenvalue weighted by atomic mass is 9.98. The Morgan fingerprint density at radius 1 is 1.60 bits per heavy atom. The number of ether oxygens (including phenoxy) is 1. The third-order valence-corrected chi connectivity index (χ3v) is 2.80. The molecule has 0 amide bonds. The lowest BCUT2D eigenvalue weighted by molar-refractivity contribution is -0.149. The second-order valence-electron chi connectivity index (χ2n) is 4.03. The third kappa shape index (κ3) is 4.18. The van der Waals surface area contributed by atoms with E-state index in [1.807, 2.05) is 6.92 Å². The number of likely N-dealkylation sites (tertiary alicyclic amines) is 1. The van der Waals surface area contributed by atoms with Crippen molar-refractivity contribution in [3.63, 3.8) is 0 Å². The first kappa shape index (κ1) is 12.5. The van der Waals surface area contributed by atoms with Gasteiger partial charge in [0, 0.05) is 6.54 Å². The maximum Gasteiger partial charge on any atom is 0.310 e. The van der Waals surface area contributed by atoms with Crippen LogP contribution in [0.25, 0.3) is 0 Å². The van der Waals surface area contributed by atoms with Crippen LogP contribution in [0.4, 0.5) is 0 Å². The zero-order valence-electron chi connectivity index (χ0n) is 9.58. The molecule has 0 aromatic carbocycles. The first-order valence-electron chi connectivity index (χ1n) is 5.87. The summed E-state index contributed by atoms with van der Waals surface area (Å²) in [5.41, 5.74) is 5.47. The molecule has 0 aromatic rings. The van der Waals surface area contributed by atoms with Crippen molar-refractivity contribution >= 4 is 5.97 Å². The fourth-order valence-electron chi connectivity index (χ4n) is 2.03. The number of nitrogens with two attached hydrogens (primary N) is 1. The summed E-state index contributed by atoms with van der Waals surface area (Å²) in [6.07, 6.45) is 3.07. The van der Waals surface area contributed by atoms with Crippen LogP contribution in [0.15, 0.2) is 0 Å². The molecule has 0 unspecified atom stereocenters. The van der Waals surface area contributed by atoms with Gasteiger partial charge in [-0.1, -0.05) is 0 Å². The van der Waals surface area contributed by atoms with E-state index in [2.05, 4.69) is 4.90 Å². The predicted octanol–water partition coefficient (Wildman–Crippen LogP) is 0.610. The van der Waals surface area contributed by atoms with Crippen LogP contribution in [0.3, 0.4) is 0 Å². The smallest absolute Gasteiger partial charge is 0.310 e. The number of esters is 1. The third-order valence-electron chi connectivity index (χ3n) is 2.80. The Kier molecular flexibility index (Phi) is 5.65. The Morgan fingerprint density at radius 2 is 2.40 bits per heavy atom. The Balaban J connectivity index is 2.31. The maximum atomic E-state index is 11.5. The Hall–Kier alpha value is -0.610. The van der Waals surface area contributed by atoms with Gasteiger partial charge in [-0.25, -0.2) is 0 Å². The molecule has 1 aliphatic rings. The second kappa shape index (κ2) is 6.80. The molecule has 1 saturated heterocycles. The molecule has 15 heavy (non-hydrogen) atoms. The Morgan fingerprint density at radius 3 is 3.07 bits per heavy atom. The number of hydrogen-bond donors (Lipinski definition) is 1. The van der Waals surface area contributed by atoms with E-state index in [1.54, 1.807) is 0 Å². The molecule has 0 aromatic heterocycles. The first-order valence-corrected chi connectivity index (χ1v) is 5.87. The summed E-state index contributed by atoms with van der Waals surface area (Å²) in [6, 6.07) is 0. The van der Waals surface area contributed by atoms with Crippen molar-refractivity contribution < 1.29 is 9.53 Å². The van der Waals surface area contributed by atoms with Crippen LogP contribution in [-0.2, 0) is 9.53 Å². The fourth-order valence-corrected chi connectivity index (χ4v) is 2.03. The Bertz CT molecular complexity index is 197. The van der Waals surface area contributed by atoms with Crippen molar-refractivity contribution in [3.05, 3.63) is 0 Å². The molecule has 1 atom stereocenters. The van der Waals surface area contributed by atoms with Gasteiger partial charge in [-0.05, 0) is 45.8 Å². The van der Waals surface area contributed by atoms with Crippen molar-refractivity contribution in [1.82, 2.24) is 4.90 Å². The summed E-state index contributed by atoms with van der Waals surface area (Å²) in [7, 11) is 0. The van der Waals surface area contributed by atoms with E-state index in [9.17, 15) is 4.79 Å². The minimum Gasteiger partial charge on any atom is -0.466 e. The number of piperidine rings is 1.